The maximum absolute atomic E-state index is 6.21. The highest BCUT2D eigenvalue weighted by molar-refractivity contribution is 5.06. The summed E-state index contributed by atoms with van der Waals surface area (Å²) in [5.41, 5.74) is 7.44. The summed E-state index contributed by atoms with van der Waals surface area (Å²) in [5, 5.41) is 4.26. The number of nitrogens with zero attached hydrogens (tertiary/aromatic N) is 2. The van der Waals surface area contributed by atoms with Crippen molar-refractivity contribution in [3.63, 3.8) is 0 Å². The SMILES string of the molecule is CCn1cc(CC(N)C2COC(C)C2)cn1. The van der Waals surface area contributed by atoms with E-state index in [4.69, 9.17) is 10.5 Å². The van der Waals surface area contributed by atoms with Crippen LogP contribution in [-0.2, 0) is 17.7 Å². The molecule has 1 aliphatic rings. The highest BCUT2D eigenvalue weighted by atomic mass is 16.5. The van der Waals surface area contributed by atoms with Crippen LogP contribution in [0.5, 0.6) is 0 Å². The van der Waals surface area contributed by atoms with Gasteiger partial charge in [0.15, 0.2) is 0 Å². The van der Waals surface area contributed by atoms with Gasteiger partial charge >= 0.3 is 0 Å². The first-order valence-electron chi connectivity index (χ1n) is 6.07. The van der Waals surface area contributed by atoms with Crippen LogP contribution in [0.1, 0.15) is 25.8 Å². The molecule has 0 radical (unpaired) electrons. The van der Waals surface area contributed by atoms with Crippen molar-refractivity contribution in [3.8, 4) is 0 Å². The summed E-state index contributed by atoms with van der Waals surface area (Å²) in [5.74, 6) is 0.500. The third-order valence-electron chi connectivity index (χ3n) is 3.32. The topological polar surface area (TPSA) is 53.1 Å². The number of aryl methyl sites for hydroxylation is 1. The predicted octanol–water partition coefficient (Wildman–Crippen LogP) is 1.20. The maximum Gasteiger partial charge on any atom is 0.0551 e. The van der Waals surface area contributed by atoms with Crippen LogP contribution in [0.4, 0.5) is 0 Å². The Hall–Kier alpha value is -0.870. The summed E-state index contributed by atoms with van der Waals surface area (Å²) in [6, 6.07) is 0.194. The lowest BCUT2D eigenvalue weighted by atomic mass is 9.93. The lowest BCUT2D eigenvalue weighted by Gasteiger charge is -2.16. The fourth-order valence-corrected chi connectivity index (χ4v) is 2.27. The molecule has 0 spiro atoms. The molecule has 0 amide bonds. The Balaban J connectivity index is 1.89. The smallest absolute Gasteiger partial charge is 0.0551 e. The van der Waals surface area contributed by atoms with Crippen molar-refractivity contribution in [3.05, 3.63) is 18.0 Å². The average molecular weight is 223 g/mol. The lowest BCUT2D eigenvalue weighted by molar-refractivity contribution is 0.118. The van der Waals surface area contributed by atoms with Gasteiger partial charge in [-0.05, 0) is 32.3 Å². The molecule has 90 valence electrons. The van der Waals surface area contributed by atoms with E-state index in [1.807, 2.05) is 10.9 Å². The Morgan fingerprint density at radius 2 is 2.50 bits per heavy atom. The molecular weight excluding hydrogens is 202 g/mol. The van der Waals surface area contributed by atoms with E-state index in [0.717, 1.165) is 26.0 Å². The first-order chi connectivity index (χ1) is 7.69. The Kier molecular flexibility index (Phi) is 3.61. The van der Waals surface area contributed by atoms with E-state index < -0.39 is 0 Å². The number of hydrogen-bond acceptors (Lipinski definition) is 3. The summed E-state index contributed by atoms with van der Waals surface area (Å²) >= 11 is 0. The normalized spacial score (nSPS) is 27.2. The van der Waals surface area contributed by atoms with Crippen LogP contribution >= 0.6 is 0 Å². The maximum atomic E-state index is 6.21. The third-order valence-corrected chi connectivity index (χ3v) is 3.32. The predicted molar refractivity (Wildman–Crippen MR) is 63.1 cm³/mol. The Morgan fingerprint density at radius 1 is 1.69 bits per heavy atom. The zero-order valence-electron chi connectivity index (χ0n) is 10.1. The number of nitrogens with two attached hydrogens (primary N) is 1. The summed E-state index contributed by atoms with van der Waals surface area (Å²) in [4.78, 5) is 0. The summed E-state index contributed by atoms with van der Waals surface area (Å²) in [6.45, 7) is 5.92. The molecule has 2 rings (SSSR count). The number of ether oxygens (including phenoxy) is 1. The average Bonchev–Trinajstić information content (AvgIpc) is 2.87. The second kappa shape index (κ2) is 4.97. The Morgan fingerprint density at radius 3 is 3.06 bits per heavy atom. The molecule has 4 heteroatoms. The summed E-state index contributed by atoms with van der Waals surface area (Å²) in [6.07, 6.45) is 6.36. The van der Waals surface area contributed by atoms with Crippen LogP contribution < -0.4 is 5.73 Å². The van der Waals surface area contributed by atoms with Gasteiger partial charge in [0.2, 0.25) is 0 Å². The molecular formula is C12H21N3O. The molecule has 1 aromatic heterocycles. The fourth-order valence-electron chi connectivity index (χ4n) is 2.27. The van der Waals surface area contributed by atoms with Gasteiger partial charge < -0.3 is 10.5 Å². The van der Waals surface area contributed by atoms with Gasteiger partial charge in [-0.2, -0.15) is 5.10 Å². The van der Waals surface area contributed by atoms with E-state index in [1.165, 1.54) is 5.56 Å². The number of aromatic nitrogens is 2. The zero-order valence-corrected chi connectivity index (χ0v) is 10.1. The third kappa shape index (κ3) is 2.62. The Labute approximate surface area is 96.8 Å². The molecule has 1 fully saturated rings. The molecule has 0 saturated carbocycles. The molecule has 3 atom stereocenters. The van der Waals surface area contributed by atoms with Crippen LogP contribution in [0.15, 0.2) is 12.4 Å². The van der Waals surface area contributed by atoms with E-state index >= 15 is 0 Å². The van der Waals surface area contributed by atoms with Crippen LogP contribution in [0, 0.1) is 5.92 Å². The highest BCUT2D eigenvalue weighted by Gasteiger charge is 2.27. The quantitative estimate of drug-likeness (QED) is 0.834. The molecule has 0 bridgehead atoms. The van der Waals surface area contributed by atoms with Gasteiger partial charge in [-0.1, -0.05) is 0 Å². The minimum atomic E-state index is 0.194. The zero-order chi connectivity index (χ0) is 11.5. The van der Waals surface area contributed by atoms with Gasteiger partial charge in [0.05, 0.1) is 18.9 Å². The first-order valence-corrected chi connectivity index (χ1v) is 6.07. The van der Waals surface area contributed by atoms with Gasteiger partial charge in [0.25, 0.3) is 0 Å². The minimum Gasteiger partial charge on any atom is -0.378 e. The first kappa shape index (κ1) is 11.6. The molecule has 1 aliphatic heterocycles. The largest absolute Gasteiger partial charge is 0.378 e. The van der Waals surface area contributed by atoms with E-state index in [2.05, 4.69) is 25.1 Å². The molecule has 2 N–H and O–H groups in total. The van der Waals surface area contributed by atoms with Crippen LogP contribution in [0.3, 0.4) is 0 Å². The van der Waals surface area contributed by atoms with Crippen molar-refractivity contribution in [1.82, 2.24) is 9.78 Å². The van der Waals surface area contributed by atoms with Gasteiger partial charge in [0, 0.05) is 24.7 Å². The molecule has 0 aliphatic carbocycles. The van der Waals surface area contributed by atoms with Crippen molar-refractivity contribution < 1.29 is 4.74 Å². The fraction of sp³-hybridized carbons (Fsp3) is 0.750. The molecule has 1 aromatic rings. The second-order valence-corrected chi connectivity index (χ2v) is 4.71. The standard InChI is InChI=1S/C12H21N3O/c1-3-15-7-10(6-14-15)5-12(13)11-4-9(2)16-8-11/h6-7,9,11-12H,3-5,8,13H2,1-2H3. The van der Waals surface area contributed by atoms with E-state index in [9.17, 15) is 0 Å². The second-order valence-electron chi connectivity index (χ2n) is 4.71. The van der Waals surface area contributed by atoms with Crippen molar-refractivity contribution >= 4 is 0 Å². The van der Waals surface area contributed by atoms with E-state index in [-0.39, 0.29) is 6.04 Å². The minimum absolute atomic E-state index is 0.194. The number of hydrogen-bond donors (Lipinski definition) is 1. The molecule has 2 heterocycles. The van der Waals surface area contributed by atoms with Crippen molar-refractivity contribution in [2.45, 2.75) is 45.4 Å². The number of rotatable bonds is 4. The lowest BCUT2D eigenvalue weighted by Crippen LogP contribution is -2.32. The van der Waals surface area contributed by atoms with Gasteiger partial charge in [-0.25, -0.2) is 0 Å². The van der Waals surface area contributed by atoms with E-state index in [1.54, 1.807) is 0 Å². The van der Waals surface area contributed by atoms with Gasteiger partial charge in [-0.3, -0.25) is 4.68 Å². The molecule has 3 unspecified atom stereocenters. The molecule has 4 nitrogen and oxygen atoms in total. The van der Waals surface area contributed by atoms with Crippen LogP contribution in [0.25, 0.3) is 0 Å². The molecule has 0 aromatic carbocycles. The highest BCUT2D eigenvalue weighted by Crippen LogP contribution is 2.23. The van der Waals surface area contributed by atoms with Crippen LogP contribution in [0.2, 0.25) is 0 Å². The summed E-state index contributed by atoms with van der Waals surface area (Å²) < 4.78 is 7.49. The van der Waals surface area contributed by atoms with Crippen LogP contribution in [-0.4, -0.2) is 28.5 Å². The molecule has 1 saturated heterocycles. The Bertz CT molecular complexity index is 337. The van der Waals surface area contributed by atoms with Gasteiger partial charge in [-0.15, -0.1) is 0 Å². The van der Waals surface area contributed by atoms with Crippen molar-refractivity contribution in [2.75, 3.05) is 6.61 Å². The van der Waals surface area contributed by atoms with Crippen molar-refractivity contribution in [1.29, 1.82) is 0 Å². The monoisotopic (exact) mass is 223 g/mol. The molecule has 16 heavy (non-hydrogen) atoms. The van der Waals surface area contributed by atoms with E-state index in [0.29, 0.717) is 12.0 Å². The summed E-state index contributed by atoms with van der Waals surface area (Å²) in [7, 11) is 0. The van der Waals surface area contributed by atoms with Crippen molar-refractivity contribution in [2.24, 2.45) is 11.7 Å². The van der Waals surface area contributed by atoms with Gasteiger partial charge in [0.1, 0.15) is 0 Å².